The Balaban J connectivity index is 0. The molecule has 0 saturated heterocycles. The van der Waals surface area contributed by atoms with Crippen LogP contribution in [0.5, 0.6) is 0 Å². The van der Waals surface area contributed by atoms with E-state index in [1.807, 2.05) is 6.21 Å². The van der Waals surface area contributed by atoms with Gasteiger partial charge in [0.25, 0.3) is 0 Å². The molecule has 0 saturated carbocycles. The summed E-state index contributed by atoms with van der Waals surface area (Å²) in [5.74, 6) is 0. The summed E-state index contributed by atoms with van der Waals surface area (Å²) in [5, 5.41) is 0. The van der Waals surface area contributed by atoms with Crippen LogP contribution in [-0.4, -0.2) is 12.8 Å². The first-order chi connectivity index (χ1) is 5.41. The monoisotopic (exact) mass is 161 g/mol. The third-order valence-corrected chi connectivity index (χ3v) is 1.60. The third-order valence-electron chi connectivity index (χ3n) is 1.60. The van der Waals surface area contributed by atoms with E-state index in [9.17, 15) is 0 Å². The molecule has 0 bridgehead atoms. The molecule has 0 N–H and O–H groups in total. The summed E-state index contributed by atoms with van der Waals surface area (Å²) in [6.07, 6.45) is 9.25. The van der Waals surface area contributed by atoms with E-state index in [1.165, 1.54) is 25.7 Å². The summed E-state index contributed by atoms with van der Waals surface area (Å²) >= 11 is 0. The predicted octanol–water partition coefficient (Wildman–Crippen LogP) is 0.256. The first-order valence-corrected chi connectivity index (χ1v) is 4.69. The van der Waals surface area contributed by atoms with Crippen molar-refractivity contribution in [2.45, 2.75) is 45.4 Å². The van der Waals surface area contributed by atoms with Crippen LogP contribution in [0.4, 0.5) is 0 Å². The Labute approximate surface area is 89.2 Å². The minimum absolute atomic E-state index is 0. The van der Waals surface area contributed by atoms with Gasteiger partial charge in [-0.3, -0.25) is 4.99 Å². The maximum absolute atomic E-state index is 4.27. The van der Waals surface area contributed by atoms with Gasteiger partial charge in [0.15, 0.2) is 0 Å². The normalized spacial score (nSPS) is 10.2. The molecule has 0 unspecified atom stereocenters. The van der Waals surface area contributed by atoms with Gasteiger partial charge in [-0.25, -0.2) is 0 Å². The minimum atomic E-state index is 0. The molecule has 0 amide bonds. The average Bonchev–Trinajstić information content (AvgIpc) is 2.03. The molecular weight excluding hydrogens is 141 g/mol. The zero-order chi connectivity index (χ0) is 8.36. The third kappa shape index (κ3) is 12.9. The van der Waals surface area contributed by atoms with Crippen molar-refractivity contribution in [2.75, 3.05) is 6.54 Å². The van der Waals surface area contributed by atoms with Crippen molar-refractivity contribution in [3.63, 3.8) is 0 Å². The Hall–Kier alpha value is 0.267. The Morgan fingerprint density at radius 1 is 1.25 bits per heavy atom. The fourth-order valence-electron chi connectivity index (χ4n) is 0.904. The second kappa shape index (κ2) is 13.8. The van der Waals surface area contributed by atoms with E-state index >= 15 is 0 Å². The molecule has 0 heterocycles. The van der Waals surface area contributed by atoms with Gasteiger partial charge >= 0.3 is 18.9 Å². The van der Waals surface area contributed by atoms with Crippen molar-refractivity contribution in [3.05, 3.63) is 6.92 Å². The van der Waals surface area contributed by atoms with Crippen molar-refractivity contribution >= 4 is 6.21 Å². The standard InChI is InChI=1S/C10H20N.Li/c1-3-5-7-8-10-11-9-6-4-2;/h9H,2-8,10H2,1H3;/q-1;+1. The molecule has 12 heavy (non-hydrogen) atoms. The van der Waals surface area contributed by atoms with Gasteiger partial charge in [0.1, 0.15) is 0 Å². The summed E-state index contributed by atoms with van der Waals surface area (Å²) in [6.45, 7) is 6.98. The Kier molecular flexibility index (Phi) is 17.0. The van der Waals surface area contributed by atoms with Gasteiger partial charge in [-0.15, -0.1) is 0 Å². The molecule has 0 aliphatic carbocycles. The summed E-state index contributed by atoms with van der Waals surface area (Å²) in [6, 6.07) is 0. The smallest absolute Gasteiger partial charge is 0.343 e. The second-order valence-electron chi connectivity index (χ2n) is 2.79. The Morgan fingerprint density at radius 2 is 2.00 bits per heavy atom. The van der Waals surface area contributed by atoms with Gasteiger partial charge in [0, 0.05) is 6.54 Å². The SMILES string of the molecule is [CH2-]CCC=NCCCCCC.[Li+]. The molecule has 0 aliphatic rings. The predicted molar refractivity (Wildman–Crippen MR) is 52.1 cm³/mol. The number of rotatable bonds is 7. The average molecular weight is 161 g/mol. The van der Waals surface area contributed by atoms with E-state index in [1.54, 1.807) is 0 Å². The molecule has 1 nitrogen and oxygen atoms in total. The zero-order valence-electron chi connectivity index (χ0n) is 8.68. The van der Waals surface area contributed by atoms with Crippen LogP contribution in [0.1, 0.15) is 45.4 Å². The molecule has 0 fully saturated rings. The Bertz CT molecular complexity index is 91.8. The summed E-state index contributed by atoms with van der Waals surface area (Å²) in [5.41, 5.74) is 0. The number of nitrogens with zero attached hydrogens (tertiary/aromatic N) is 1. The topological polar surface area (TPSA) is 12.4 Å². The molecule has 0 aliphatic heterocycles. The molecule has 0 atom stereocenters. The molecule has 0 aromatic heterocycles. The van der Waals surface area contributed by atoms with Crippen LogP contribution in [0.3, 0.4) is 0 Å². The molecular formula is C10H20LiN. The molecule has 0 aromatic carbocycles. The van der Waals surface area contributed by atoms with Gasteiger partial charge in [0.2, 0.25) is 0 Å². The van der Waals surface area contributed by atoms with E-state index < -0.39 is 0 Å². The second-order valence-corrected chi connectivity index (χ2v) is 2.79. The zero-order valence-corrected chi connectivity index (χ0v) is 8.68. The van der Waals surface area contributed by atoms with Crippen LogP contribution in [0.15, 0.2) is 4.99 Å². The van der Waals surface area contributed by atoms with Gasteiger partial charge < -0.3 is 6.92 Å². The minimum Gasteiger partial charge on any atom is -0.343 e. The molecule has 2 heteroatoms. The summed E-state index contributed by atoms with van der Waals surface area (Å²) < 4.78 is 0. The van der Waals surface area contributed by atoms with Gasteiger partial charge in [-0.1, -0.05) is 26.2 Å². The van der Waals surface area contributed by atoms with Crippen molar-refractivity contribution in [3.8, 4) is 0 Å². The fraction of sp³-hybridized carbons (Fsp3) is 0.800. The molecule has 0 aromatic rings. The van der Waals surface area contributed by atoms with Crippen molar-refractivity contribution in [2.24, 2.45) is 4.99 Å². The molecule has 0 rings (SSSR count). The van der Waals surface area contributed by atoms with Gasteiger partial charge in [-0.05, 0) is 19.1 Å². The van der Waals surface area contributed by atoms with Crippen LogP contribution >= 0.6 is 0 Å². The van der Waals surface area contributed by atoms with E-state index in [0.29, 0.717) is 0 Å². The van der Waals surface area contributed by atoms with Crippen LogP contribution in [0, 0.1) is 6.92 Å². The number of aliphatic imine (C=N–C) groups is 1. The molecule has 0 spiro atoms. The van der Waals surface area contributed by atoms with Crippen molar-refractivity contribution < 1.29 is 18.9 Å². The molecule has 0 radical (unpaired) electrons. The van der Waals surface area contributed by atoms with Crippen molar-refractivity contribution in [1.29, 1.82) is 0 Å². The summed E-state index contributed by atoms with van der Waals surface area (Å²) in [4.78, 5) is 4.27. The van der Waals surface area contributed by atoms with Gasteiger partial charge in [-0.2, -0.15) is 6.42 Å². The summed E-state index contributed by atoms with van der Waals surface area (Å²) in [7, 11) is 0. The maximum Gasteiger partial charge on any atom is 1.00 e. The fourth-order valence-corrected chi connectivity index (χ4v) is 0.904. The van der Waals surface area contributed by atoms with Crippen LogP contribution in [0.2, 0.25) is 0 Å². The van der Waals surface area contributed by atoms with Crippen molar-refractivity contribution in [1.82, 2.24) is 0 Å². The van der Waals surface area contributed by atoms with E-state index in [4.69, 9.17) is 0 Å². The largest absolute Gasteiger partial charge is 1.00 e. The number of hydrogen-bond donors (Lipinski definition) is 0. The molecule has 66 valence electrons. The van der Waals surface area contributed by atoms with Crippen LogP contribution < -0.4 is 18.9 Å². The van der Waals surface area contributed by atoms with Gasteiger partial charge in [0.05, 0.1) is 0 Å². The van der Waals surface area contributed by atoms with Crippen LogP contribution in [0.25, 0.3) is 0 Å². The number of unbranched alkanes of at least 4 members (excludes halogenated alkanes) is 4. The maximum atomic E-state index is 4.27. The first-order valence-electron chi connectivity index (χ1n) is 4.69. The first kappa shape index (κ1) is 14.8. The van der Waals surface area contributed by atoms with E-state index in [2.05, 4.69) is 18.8 Å². The van der Waals surface area contributed by atoms with Crippen LogP contribution in [-0.2, 0) is 0 Å². The number of hydrogen-bond acceptors (Lipinski definition) is 1. The van der Waals surface area contributed by atoms with E-state index in [0.717, 1.165) is 19.4 Å². The Morgan fingerprint density at radius 3 is 2.58 bits per heavy atom. The quantitative estimate of drug-likeness (QED) is 0.220. The van der Waals surface area contributed by atoms with E-state index in [-0.39, 0.29) is 18.9 Å².